The zero-order valence-electron chi connectivity index (χ0n) is 13.7. The van der Waals surface area contributed by atoms with E-state index in [9.17, 15) is 9.59 Å². The van der Waals surface area contributed by atoms with Crippen LogP contribution in [0.1, 0.15) is 24.8 Å². The van der Waals surface area contributed by atoms with Crippen molar-refractivity contribution in [1.29, 1.82) is 5.26 Å². The summed E-state index contributed by atoms with van der Waals surface area (Å²) in [5, 5.41) is 11.3. The first-order valence-corrected chi connectivity index (χ1v) is 7.90. The molecule has 1 aliphatic rings. The van der Waals surface area contributed by atoms with Crippen LogP contribution in [-0.4, -0.2) is 43.0 Å². The Bertz CT molecular complexity index is 656. The van der Waals surface area contributed by atoms with Crippen molar-refractivity contribution in [3.05, 3.63) is 35.9 Å². The molecule has 0 bridgehead atoms. The van der Waals surface area contributed by atoms with Crippen molar-refractivity contribution in [2.45, 2.75) is 25.3 Å². The molecule has 126 valence electrons. The highest BCUT2D eigenvalue weighted by molar-refractivity contribution is 5.92. The minimum atomic E-state index is -0.252. The van der Waals surface area contributed by atoms with Crippen LogP contribution in [0.15, 0.2) is 30.3 Å². The third-order valence-electron chi connectivity index (χ3n) is 3.96. The number of nitriles is 1. The van der Waals surface area contributed by atoms with Crippen LogP contribution in [0.3, 0.4) is 0 Å². The van der Waals surface area contributed by atoms with E-state index in [0.717, 1.165) is 11.3 Å². The second-order valence-electron chi connectivity index (χ2n) is 5.58. The van der Waals surface area contributed by atoms with Crippen molar-refractivity contribution in [3.8, 4) is 11.8 Å². The van der Waals surface area contributed by atoms with Gasteiger partial charge in [0, 0.05) is 30.8 Å². The van der Waals surface area contributed by atoms with Gasteiger partial charge in [0.1, 0.15) is 12.2 Å². The molecule has 2 rings (SSSR count). The number of nitrogens with one attached hydrogen (secondary N) is 1. The lowest BCUT2D eigenvalue weighted by molar-refractivity contribution is -0.127. The van der Waals surface area contributed by atoms with E-state index in [1.807, 2.05) is 30.3 Å². The summed E-state index contributed by atoms with van der Waals surface area (Å²) in [4.78, 5) is 25.4. The highest BCUT2D eigenvalue weighted by atomic mass is 16.5. The van der Waals surface area contributed by atoms with Gasteiger partial charge in [-0.1, -0.05) is 18.2 Å². The third-order valence-corrected chi connectivity index (χ3v) is 3.96. The van der Waals surface area contributed by atoms with Gasteiger partial charge in [0.25, 0.3) is 0 Å². The quantitative estimate of drug-likeness (QED) is 0.835. The Morgan fingerprint density at radius 2 is 2.08 bits per heavy atom. The Morgan fingerprint density at radius 3 is 2.75 bits per heavy atom. The van der Waals surface area contributed by atoms with Crippen LogP contribution in [-0.2, 0) is 9.59 Å². The number of nitrogens with zero attached hydrogens (tertiary/aromatic N) is 2. The van der Waals surface area contributed by atoms with Gasteiger partial charge in [-0.05, 0) is 25.0 Å². The largest absolute Gasteiger partial charge is 0.496 e. The second-order valence-corrected chi connectivity index (χ2v) is 5.58. The lowest BCUT2D eigenvalue weighted by atomic mass is 10.0. The minimum absolute atomic E-state index is 0.0353. The molecule has 0 aromatic heterocycles. The van der Waals surface area contributed by atoms with Gasteiger partial charge in [0.05, 0.1) is 13.2 Å². The number of carbonyl (C=O) groups is 2. The Morgan fingerprint density at radius 1 is 1.38 bits per heavy atom. The summed E-state index contributed by atoms with van der Waals surface area (Å²) in [6, 6.07) is 9.37. The number of likely N-dealkylation sites (tertiary alicyclic amines) is 1. The molecule has 24 heavy (non-hydrogen) atoms. The van der Waals surface area contributed by atoms with E-state index in [-0.39, 0.29) is 24.3 Å². The number of piperidine rings is 1. The SMILES string of the molecule is COc1ccccc1/C=C/C(=O)N1CCC(NC(=O)CC#N)CC1. The number of amides is 2. The molecule has 0 saturated carbocycles. The molecule has 1 heterocycles. The van der Waals surface area contributed by atoms with Crippen molar-refractivity contribution in [2.75, 3.05) is 20.2 Å². The van der Waals surface area contributed by atoms with Crippen molar-refractivity contribution >= 4 is 17.9 Å². The van der Waals surface area contributed by atoms with Gasteiger partial charge in [0.2, 0.25) is 11.8 Å². The molecule has 0 aliphatic carbocycles. The molecule has 1 N–H and O–H groups in total. The fourth-order valence-electron chi connectivity index (χ4n) is 2.67. The molecule has 1 saturated heterocycles. The lowest BCUT2D eigenvalue weighted by Gasteiger charge is -2.31. The summed E-state index contributed by atoms with van der Waals surface area (Å²) >= 11 is 0. The maximum Gasteiger partial charge on any atom is 0.246 e. The predicted molar refractivity (Wildman–Crippen MR) is 90.0 cm³/mol. The molecule has 1 fully saturated rings. The highest BCUT2D eigenvalue weighted by Gasteiger charge is 2.22. The number of para-hydroxylation sites is 1. The fourth-order valence-corrected chi connectivity index (χ4v) is 2.67. The van der Waals surface area contributed by atoms with Gasteiger partial charge in [-0.2, -0.15) is 5.26 Å². The standard InChI is InChI=1S/C18H21N3O3/c1-24-16-5-3-2-4-14(16)6-7-18(23)21-12-9-15(10-13-21)20-17(22)8-11-19/h2-7,15H,8-10,12-13H2,1H3,(H,20,22)/b7-6+. The molecule has 0 unspecified atom stereocenters. The Kier molecular flexibility index (Phi) is 6.38. The number of benzene rings is 1. The molecular formula is C18H21N3O3. The zero-order chi connectivity index (χ0) is 17.4. The second kappa shape index (κ2) is 8.73. The van der Waals surface area contributed by atoms with Gasteiger partial charge >= 0.3 is 0 Å². The maximum atomic E-state index is 12.3. The van der Waals surface area contributed by atoms with Gasteiger partial charge in [-0.25, -0.2) is 0 Å². The van der Waals surface area contributed by atoms with Crippen LogP contribution in [0.2, 0.25) is 0 Å². The molecule has 0 radical (unpaired) electrons. The van der Waals surface area contributed by atoms with E-state index in [4.69, 9.17) is 10.00 Å². The normalized spacial score (nSPS) is 15.1. The monoisotopic (exact) mass is 327 g/mol. The summed E-state index contributed by atoms with van der Waals surface area (Å²) in [5.41, 5.74) is 0.854. The highest BCUT2D eigenvalue weighted by Crippen LogP contribution is 2.19. The first kappa shape index (κ1) is 17.5. The fraction of sp³-hybridized carbons (Fsp3) is 0.389. The first-order valence-electron chi connectivity index (χ1n) is 7.90. The Balaban J connectivity index is 1.86. The van der Waals surface area contributed by atoms with Gasteiger partial charge < -0.3 is 15.0 Å². The summed E-state index contributed by atoms with van der Waals surface area (Å²) in [6.07, 6.45) is 4.58. The summed E-state index contributed by atoms with van der Waals surface area (Å²) in [5.74, 6) is 0.418. The lowest BCUT2D eigenvalue weighted by Crippen LogP contribution is -2.46. The first-order chi connectivity index (χ1) is 11.6. The average Bonchev–Trinajstić information content (AvgIpc) is 2.60. The molecular weight excluding hydrogens is 306 g/mol. The number of carbonyl (C=O) groups excluding carboxylic acids is 2. The van der Waals surface area contributed by atoms with Crippen LogP contribution in [0, 0.1) is 11.3 Å². The maximum absolute atomic E-state index is 12.3. The summed E-state index contributed by atoms with van der Waals surface area (Å²) < 4.78 is 5.25. The van der Waals surface area contributed by atoms with E-state index in [1.165, 1.54) is 0 Å². The number of hydrogen-bond acceptors (Lipinski definition) is 4. The molecule has 1 aromatic rings. The average molecular weight is 327 g/mol. The van der Waals surface area contributed by atoms with E-state index < -0.39 is 0 Å². The molecule has 6 nitrogen and oxygen atoms in total. The molecule has 1 aliphatic heterocycles. The van der Waals surface area contributed by atoms with Crippen LogP contribution in [0.4, 0.5) is 0 Å². The van der Waals surface area contributed by atoms with E-state index in [0.29, 0.717) is 25.9 Å². The molecule has 0 spiro atoms. The molecule has 0 atom stereocenters. The van der Waals surface area contributed by atoms with Crippen LogP contribution in [0.5, 0.6) is 5.75 Å². The van der Waals surface area contributed by atoms with Crippen molar-refractivity contribution < 1.29 is 14.3 Å². The number of ether oxygens (including phenoxy) is 1. The zero-order valence-corrected chi connectivity index (χ0v) is 13.7. The molecule has 1 aromatic carbocycles. The number of methoxy groups -OCH3 is 1. The van der Waals surface area contributed by atoms with Crippen molar-refractivity contribution in [1.82, 2.24) is 10.2 Å². The summed E-state index contributed by atoms with van der Waals surface area (Å²) in [6.45, 7) is 1.18. The van der Waals surface area contributed by atoms with E-state index >= 15 is 0 Å². The van der Waals surface area contributed by atoms with E-state index in [1.54, 1.807) is 24.2 Å². The topological polar surface area (TPSA) is 82.4 Å². The van der Waals surface area contributed by atoms with Gasteiger partial charge in [-0.15, -0.1) is 0 Å². The number of rotatable bonds is 5. The van der Waals surface area contributed by atoms with Crippen LogP contribution in [0.25, 0.3) is 6.08 Å². The van der Waals surface area contributed by atoms with Gasteiger partial charge in [0.15, 0.2) is 0 Å². The Labute approximate surface area is 141 Å². The van der Waals surface area contributed by atoms with Gasteiger partial charge in [-0.3, -0.25) is 9.59 Å². The van der Waals surface area contributed by atoms with E-state index in [2.05, 4.69) is 5.32 Å². The smallest absolute Gasteiger partial charge is 0.246 e. The van der Waals surface area contributed by atoms with Crippen LogP contribution >= 0.6 is 0 Å². The van der Waals surface area contributed by atoms with Crippen molar-refractivity contribution in [3.63, 3.8) is 0 Å². The Hall–Kier alpha value is -2.81. The third kappa shape index (κ3) is 4.85. The minimum Gasteiger partial charge on any atom is -0.496 e. The predicted octanol–water partition coefficient (Wildman–Crippen LogP) is 1.73. The summed E-state index contributed by atoms with van der Waals surface area (Å²) in [7, 11) is 1.60. The van der Waals surface area contributed by atoms with Crippen LogP contribution < -0.4 is 10.1 Å². The molecule has 6 heteroatoms. The molecule has 2 amide bonds. The van der Waals surface area contributed by atoms with Crippen molar-refractivity contribution in [2.24, 2.45) is 0 Å². The number of hydrogen-bond donors (Lipinski definition) is 1.